The molecule has 0 aliphatic heterocycles. The summed E-state index contributed by atoms with van der Waals surface area (Å²) in [5.74, 6) is 2.09. The van der Waals surface area contributed by atoms with Crippen molar-refractivity contribution in [1.29, 1.82) is 0 Å². The van der Waals surface area contributed by atoms with Crippen LogP contribution in [-0.4, -0.2) is 6.04 Å². The molecule has 3 rings (SSSR count). The molecule has 4 unspecified atom stereocenters. The maximum absolute atomic E-state index is 3.86. The first-order valence-electron chi connectivity index (χ1n) is 7.62. The minimum absolute atomic E-state index is 0.537. The van der Waals surface area contributed by atoms with E-state index in [2.05, 4.69) is 29.8 Å². The van der Waals surface area contributed by atoms with Gasteiger partial charge >= 0.3 is 0 Å². The predicted molar refractivity (Wildman–Crippen MR) is 79.0 cm³/mol. The standard InChI is InChI=1S/C16H25NS/c1-12(16-7-4-10-18-16)17-15-9-8-13-5-2-3-6-14(13)11-15/h4,7,10,12-15,17H,2-3,5-6,8-9,11H2,1H3. The van der Waals surface area contributed by atoms with E-state index in [0.717, 1.165) is 17.9 Å². The van der Waals surface area contributed by atoms with Gasteiger partial charge in [0.1, 0.15) is 0 Å². The zero-order chi connectivity index (χ0) is 12.4. The Morgan fingerprint density at radius 3 is 2.78 bits per heavy atom. The Kier molecular flexibility index (Phi) is 4.05. The highest BCUT2D eigenvalue weighted by Gasteiger charge is 2.32. The van der Waals surface area contributed by atoms with Gasteiger partial charge < -0.3 is 5.32 Å². The highest BCUT2D eigenvalue weighted by molar-refractivity contribution is 7.10. The molecule has 4 atom stereocenters. The Labute approximate surface area is 115 Å². The molecule has 0 amide bonds. The fourth-order valence-corrected chi connectivity index (χ4v) is 4.74. The molecule has 2 aliphatic carbocycles. The molecule has 2 heteroatoms. The number of fused-ring (bicyclic) bond motifs is 1. The van der Waals surface area contributed by atoms with Gasteiger partial charge in [-0.05, 0) is 49.5 Å². The Hall–Kier alpha value is -0.340. The number of rotatable bonds is 3. The smallest absolute Gasteiger partial charge is 0.0388 e. The largest absolute Gasteiger partial charge is 0.307 e. The molecular formula is C16H25NS. The molecule has 1 nitrogen and oxygen atoms in total. The molecule has 100 valence electrons. The van der Waals surface area contributed by atoms with Crippen LogP contribution in [-0.2, 0) is 0 Å². The quantitative estimate of drug-likeness (QED) is 0.829. The second kappa shape index (κ2) is 5.75. The van der Waals surface area contributed by atoms with Crippen LogP contribution < -0.4 is 5.32 Å². The van der Waals surface area contributed by atoms with Crippen LogP contribution in [0, 0.1) is 11.8 Å². The van der Waals surface area contributed by atoms with Gasteiger partial charge in [0.15, 0.2) is 0 Å². The van der Waals surface area contributed by atoms with E-state index in [0.29, 0.717) is 6.04 Å². The second-order valence-corrected chi connectivity index (χ2v) is 7.20. The van der Waals surface area contributed by atoms with Gasteiger partial charge in [-0.25, -0.2) is 0 Å². The van der Waals surface area contributed by atoms with Crippen molar-refractivity contribution in [2.75, 3.05) is 0 Å². The van der Waals surface area contributed by atoms with Crippen LogP contribution >= 0.6 is 11.3 Å². The van der Waals surface area contributed by atoms with Gasteiger partial charge in [0.05, 0.1) is 0 Å². The molecule has 18 heavy (non-hydrogen) atoms. The van der Waals surface area contributed by atoms with Gasteiger partial charge in [0.25, 0.3) is 0 Å². The van der Waals surface area contributed by atoms with Crippen LogP contribution in [0.4, 0.5) is 0 Å². The topological polar surface area (TPSA) is 12.0 Å². The third kappa shape index (κ3) is 2.80. The average molecular weight is 263 g/mol. The Balaban J connectivity index is 1.54. The summed E-state index contributed by atoms with van der Waals surface area (Å²) < 4.78 is 0. The van der Waals surface area contributed by atoms with Crippen LogP contribution in [0.1, 0.15) is 62.8 Å². The van der Waals surface area contributed by atoms with Crippen LogP contribution in [0.25, 0.3) is 0 Å². The third-order valence-corrected chi connectivity index (χ3v) is 6.05. The van der Waals surface area contributed by atoms with E-state index in [1.807, 2.05) is 11.3 Å². The molecule has 1 aromatic rings. The van der Waals surface area contributed by atoms with Crippen molar-refractivity contribution in [3.05, 3.63) is 22.4 Å². The summed E-state index contributed by atoms with van der Waals surface area (Å²) >= 11 is 1.88. The van der Waals surface area contributed by atoms with Crippen molar-refractivity contribution < 1.29 is 0 Å². The molecule has 0 radical (unpaired) electrons. The molecule has 1 heterocycles. The lowest BCUT2D eigenvalue weighted by molar-refractivity contribution is 0.139. The molecule has 2 saturated carbocycles. The summed E-state index contributed by atoms with van der Waals surface area (Å²) in [6.45, 7) is 2.32. The van der Waals surface area contributed by atoms with Crippen molar-refractivity contribution in [2.45, 2.75) is 64.0 Å². The summed E-state index contributed by atoms with van der Waals surface area (Å²) in [6, 6.07) is 5.72. The lowest BCUT2D eigenvalue weighted by Crippen LogP contribution is -2.39. The molecule has 2 aliphatic rings. The van der Waals surface area contributed by atoms with Crippen molar-refractivity contribution in [1.82, 2.24) is 5.32 Å². The van der Waals surface area contributed by atoms with Gasteiger partial charge in [-0.3, -0.25) is 0 Å². The minimum Gasteiger partial charge on any atom is -0.307 e. The van der Waals surface area contributed by atoms with Crippen LogP contribution in [0.2, 0.25) is 0 Å². The number of hydrogen-bond donors (Lipinski definition) is 1. The minimum atomic E-state index is 0.537. The predicted octanol–water partition coefficient (Wildman–Crippen LogP) is 4.76. The summed E-state index contributed by atoms with van der Waals surface area (Å²) in [6.07, 6.45) is 10.3. The van der Waals surface area contributed by atoms with Crippen LogP contribution in [0.3, 0.4) is 0 Å². The molecule has 2 fully saturated rings. The van der Waals surface area contributed by atoms with Gasteiger partial charge in [-0.15, -0.1) is 11.3 Å². The molecule has 0 saturated heterocycles. The molecule has 1 N–H and O–H groups in total. The Bertz CT molecular complexity index is 359. The molecular weight excluding hydrogens is 238 g/mol. The maximum atomic E-state index is 3.86. The van der Waals surface area contributed by atoms with Gasteiger partial charge in [-0.2, -0.15) is 0 Å². The SMILES string of the molecule is CC(NC1CCC2CCCCC2C1)c1cccs1. The van der Waals surface area contributed by atoms with Gasteiger partial charge in [0, 0.05) is 17.0 Å². The monoisotopic (exact) mass is 263 g/mol. The first-order chi connectivity index (χ1) is 8.83. The number of thiophene rings is 1. The molecule has 0 aromatic carbocycles. The number of hydrogen-bond acceptors (Lipinski definition) is 2. The van der Waals surface area contributed by atoms with Gasteiger partial charge in [0.2, 0.25) is 0 Å². The summed E-state index contributed by atoms with van der Waals surface area (Å²) in [4.78, 5) is 1.49. The second-order valence-electron chi connectivity index (χ2n) is 6.22. The van der Waals surface area contributed by atoms with E-state index in [-0.39, 0.29) is 0 Å². The van der Waals surface area contributed by atoms with E-state index in [9.17, 15) is 0 Å². The third-order valence-electron chi connectivity index (χ3n) is 5.00. The zero-order valence-corrected chi connectivity index (χ0v) is 12.2. The fourth-order valence-electron chi connectivity index (χ4n) is 4.00. The van der Waals surface area contributed by atoms with E-state index in [1.165, 1.54) is 49.8 Å². The first kappa shape index (κ1) is 12.7. The summed E-state index contributed by atoms with van der Waals surface area (Å²) in [5, 5.41) is 6.05. The van der Waals surface area contributed by atoms with E-state index >= 15 is 0 Å². The van der Waals surface area contributed by atoms with E-state index in [1.54, 1.807) is 0 Å². The van der Waals surface area contributed by atoms with E-state index in [4.69, 9.17) is 0 Å². The molecule has 0 spiro atoms. The maximum Gasteiger partial charge on any atom is 0.0388 e. The van der Waals surface area contributed by atoms with Crippen molar-refractivity contribution in [2.24, 2.45) is 11.8 Å². The summed E-state index contributed by atoms with van der Waals surface area (Å²) in [7, 11) is 0. The fraction of sp³-hybridized carbons (Fsp3) is 0.750. The number of nitrogens with one attached hydrogen (secondary N) is 1. The zero-order valence-electron chi connectivity index (χ0n) is 11.4. The van der Waals surface area contributed by atoms with Crippen LogP contribution in [0.5, 0.6) is 0 Å². The normalized spacial score (nSPS) is 33.9. The lowest BCUT2D eigenvalue weighted by Gasteiger charge is -2.40. The highest BCUT2D eigenvalue weighted by Crippen LogP contribution is 2.40. The lowest BCUT2D eigenvalue weighted by atomic mass is 9.69. The van der Waals surface area contributed by atoms with Gasteiger partial charge in [-0.1, -0.05) is 31.7 Å². The first-order valence-corrected chi connectivity index (χ1v) is 8.50. The molecule has 1 aromatic heterocycles. The van der Waals surface area contributed by atoms with Crippen LogP contribution in [0.15, 0.2) is 17.5 Å². The summed E-state index contributed by atoms with van der Waals surface area (Å²) in [5.41, 5.74) is 0. The Morgan fingerprint density at radius 1 is 1.17 bits per heavy atom. The molecule has 0 bridgehead atoms. The highest BCUT2D eigenvalue weighted by atomic mass is 32.1. The average Bonchev–Trinajstić information content (AvgIpc) is 2.92. The van der Waals surface area contributed by atoms with Crippen molar-refractivity contribution >= 4 is 11.3 Å². The van der Waals surface area contributed by atoms with Crippen molar-refractivity contribution in [3.63, 3.8) is 0 Å². The van der Waals surface area contributed by atoms with E-state index < -0.39 is 0 Å². The van der Waals surface area contributed by atoms with Crippen molar-refractivity contribution in [3.8, 4) is 0 Å². The Morgan fingerprint density at radius 2 is 2.00 bits per heavy atom.